The van der Waals surface area contributed by atoms with E-state index in [0.717, 1.165) is 0 Å². The lowest BCUT2D eigenvalue weighted by Crippen LogP contribution is -2.48. The number of carbonyl (C=O) groups is 2. The quantitative estimate of drug-likeness (QED) is 0.748. The van der Waals surface area contributed by atoms with Crippen LogP contribution in [0.3, 0.4) is 0 Å². The Hall–Kier alpha value is -2.02. The summed E-state index contributed by atoms with van der Waals surface area (Å²) in [5, 5.41) is 2.70. The van der Waals surface area contributed by atoms with Gasteiger partial charge in [-0.15, -0.1) is 0 Å². The third-order valence-corrected chi connectivity index (χ3v) is 2.63. The predicted molar refractivity (Wildman–Crippen MR) is 61.7 cm³/mol. The fraction of sp³-hybridized carbons (Fsp3) is 0.455. The lowest BCUT2D eigenvalue weighted by Gasteiger charge is -2.29. The van der Waals surface area contributed by atoms with Crippen molar-refractivity contribution in [2.45, 2.75) is 6.10 Å². The summed E-state index contributed by atoms with van der Waals surface area (Å²) in [6.45, 7) is 0.870. The topological polar surface area (TPSA) is 84.4 Å². The van der Waals surface area contributed by atoms with Crippen molar-refractivity contribution < 1.29 is 14.3 Å². The summed E-state index contributed by atoms with van der Waals surface area (Å²) in [4.78, 5) is 32.2. The number of hydrogen-bond donors (Lipinski definition) is 1. The molecule has 1 N–H and O–H groups in total. The van der Waals surface area contributed by atoms with E-state index in [1.165, 1.54) is 18.6 Å². The van der Waals surface area contributed by atoms with Gasteiger partial charge in [-0.25, -0.2) is 4.98 Å². The van der Waals surface area contributed by atoms with Gasteiger partial charge in [0.2, 0.25) is 5.91 Å². The Kier molecular flexibility index (Phi) is 3.83. The van der Waals surface area contributed by atoms with Gasteiger partial charge in [0.1, 0.15) is 12.3 Å². The van der Waals surface area contributed by atoms with Gasteiger partial charge < -0.3 is 15.0 Å². The number of rotatable bonds is 3. The van der Waals surface area contributed by atoms with Crippen LogP contribution in [0.25, 0.3) is 0 Å². The van der Waals surface area contributed by atoms with E-state index in [-0.39, 0.29) is 30.2 Å². The number of morpholine rings is 1. The molecule has 0 saturated carbocycles. The smallest absolute Gasteiger partial charge is 0.271 e. The van der Waals surface area contributed by atoms with Crippen LogP contribution in [0.5, 0.6) is 0 Å². The van der Waals surface area contributed by atoms with Crippen LogP contribution in [0.2, 0.25) is 0 Å². The first-order valence-corrected chi connectivity index (χ1v) is 5.56. The van der Waals surface area contributed by atoms with E-state index < -0.39 is 0 Å². The van der Waals surface area contributed by atoms with E-state index >= 15 is 0 Å². The van der Waals surface area contributed by atoms with E-state index in [2.05, 4.69) is 15.3 Å². The highest BCUT2D eigenvalue weighted by Crippen LogP contribution is 2.03. The largest absolute Gasteiger partial charge is 0.365 e. The third kappa shape index (κ3) is 3.01. The second-order valence-electron chi connectivity index (χ2n) is 4.01. The van der Waals surface area contributed by atoms with Crippen molar-refractivity contribution in [3.63, 3.8) is 0 Å². The monoisotopic (exact) mass is 250 g/mol. The number of ether oxygens (including phenoxy) is 1. The van der Waals surface area contributed by atoms with Crippen molar-refractivity contribution in [2.24, 2.45) is 0 Å². The Morgan fingerprint density at radius 3 is 3.11 bits per heavy atom. The zero-order valence-corrected chi connectivity index (χ0v) is 10.00. The molecule has 1 aromatic heterocycles. The summed E-state index contributed by atoms with van der Waals surface area (Å²) >= 11 is 0. The molecular formula is C11H14N4O3. The molecular weight excluding hydrogens is 236 g/mol. The van der Waals surface area contributed by atoms with E-state index in [1.807, 2.05) is 0 Å². The Morgan fingerprint density at radius 2 is 2.44 bits per heavy atom. The highest BCUT2D eigenvalue weighted by Gasteiger charge is 2.23. The summed E-state index contributed by atoms with van der Waals surface area (Å²) < 4.78 is 5.30. The van der Waals surface area contributed by atoms with Crippen molar-refractivity contribution in [3.8, 4) is 0 Å². The summed E-state index contributed by atoms with van der Waals surface area (Å²) in [6.07, 6.45) is 4.17. The molecule has 1 aliphatic rings. The highest BCUT2D eigenvalue weighted by molar-refractivity contribution is 5.91. The van der Waals surface area contributed by atoms with Gasteiger partial charge >= 0.3 is 0 Å². The minimum atomic E-state index is -0.300. The molecule has 0 radical (unpaired) electrons. The molecule has 1 atom stereocenters. The first-order valence-electron chi connectivity index (χ1n) is 5.56. The molecule has 2 rings (SSSR count). The van der Waals surface area contributed by atoms with Crippen LogP contribution in [0.1, 0.15) is 10.5 Å². The molecule has 1 saturated heterocycles. The minimum Gasteiger partial charge on any atom is -0.365 e. The molecule has 96 valence electrons. The van der Waals surface area contributed by atoms with Crippen LogP contribution in [-0.2, 0) is 9.53 Å². The van der Waals surface area contributed by atoms with E-state index in [0.29, 0.717) is 13.1 Å². The van der Waals surface area contributed by atoms with Gasteiger partial charge in [0.05, 0.1) is 12.3 Å². The minimum absolute atomic E-state index is 0.0495. The SMILES string of the molecule is CN1CC(CNC(=O)c2cnccn2)OCC1=O. The predicted octanol–water partition coefficient (Wildman–Crippen LogP) is -0.936. The average Bonchev–Trinajstić information content (AvgIpc) is 2.41. The Morgan fingerprint density at radius 1 is 1.61 bits per heavy atom. The molecule has 1 aliphatic heterocycles. The third-order valence-electron chi connectivity index (χ3n) is 2.63. The van der Waals surface area contributed by atoms with Gasteiger partial charge in [-0.2, -0.15) is 0 Å². The lowest BCUT2D eigenvalue weighted by molar-refractivity contribution is -0.146. The highest BCUT2D eigenvalue weighted by atomic mass is 16.5. The Labute approximate surface area is 104 Å². The molecule has 1 unspecified atom stereocenters. The normalized spacial score (nSPS) is 19.7. The molecule has 7 heteroatoms. The van der Waals surface area contributed by atoms with Crippen molar-refractivity contribution in [1.29, 1.82) is 0 Å². The molecule has 1 aromatic rings. The second kappa shape index (κ2) is 5.54. The van der Waals surface area contributed by atoms with Crippen molar-refractivity contribution in [3.05, 3.63) is 24.3 Å². The molecule has 2 amide bonds. The average molecular weight is 250 g/mol. The fourth-order valence-corrected chi connectivity index (χ4v) is 1.60. The maximum Gasteiger partial charge on any atom is 0.271 e. The van der Waals surface area contributed by atoms with E-state index in [9.17, 15) is 9.59 Å². The Balaban J connectivity index is 1.82. The molecule has 2 heterocycles. The zero-order chi connectivity index (χ0) is 13.0. The van der Waals surface area contributed by atoms with Crippen molar-refractivity contribution >= 4 is 11.8 Å². The van der Waals surface area contributed by atoms with Crippen LogP contribution < -0.4 is 5.32 Å². The number of aromatic nitrogens is 2. The van der Waals surface area contributed by atoms with Crippen LogP contribution >= 0.6 is 0 Å². The summed E-state index contributed by atoms with van der Waals surface area (Å²) in [6, 6.07) is 0. The van der Waals surface area contributed by atoms with E-state index in [4.69, 9.17) is 4.74 Å². The maximum atomic E-state index is 11.7. The van der Waals surface area contributed by atoms with Gasteiger partial charge in [-0.3, -0.25) is 14.6 Å². The molecule has 18 heavy (non-hydrogen) atoms. The van der Waals surface area contributed by atoms with Gasteiger partial charge in [0.25, 0.3) is 5.91 Å². The van der Waals surface area contributed by atoms with Crippen molar-refractivity contribution in [1.82, 2.24) is 20.2 Å². The lowest BCUT2D eigenvalue weighted by atomic mass is 10.2. The van der Waals surface area contributed by atoms with Gasteiger partial charge in [0, 0.05) is 32.5 Å². The molecule has 1 fully saturated rings. The standard InChI is InChI=1S/C11H14N4O3/c1-15-6-8(18-7-10(15)16)4-14-11(17)9-5-12-2-3-13-9/h2-3,5,8H,4,6-7H2,1H3,(H,14,17). The number of carbonyl (C=O) groups excluding carboxylic acids is 2. The molecule has 0 aliphatic carbocycles. The first kappa shape index (κ1) is 12.4. The molecule has 7 nitrogen and oxygen atoms in total. The summed E-state index contributed by atoms with van der Waals surface area (Å²) in [7, 11) is 1.71. The number of likely N-dealkylation sites (N-methyl/N-ethyl adjacent to an activating group) is 1. The van der Waals surface area contributed by atoms with E-state index in [1.54, 1.807) is 11.9 Å². The van der Waals surface area contributed by atoms with Crippen molar-refractivity contribution in [2.75, 3.05) is 26.7 Å². The molecule has 0 aromatic carbocycles. The number of amides is 2. The molecule has 0 bridgehead atoms. The maximum absolute atomic E-state index is 11.7. The van der Waals surface area contributed by atoms with Gasteiger partial charge in [0.15, 0.2) is 0 Å². The number of nitrogens with zero attached hydrogens (tertiary/aromatic N) is 3. The van der Waals surface area contributed by atoms with Crippen LogP contribution in [-0.4, -0.2) is 59.5 Å². The zero-order valence-electron chi connectivity index (χ0n) is 10.00. The second-order valence-corrected chi connectivity index (χ2v) is 4.01. The summed E-state index contributed by atoms with van der Waals surface area (Å²) in [5.41, 5.74) is 0.262. The van der Waals surface area contributed by atoms with Crippen LogP contribution in [0.15, 0.2) is 18.6 Å². The van der Waals surface area contributed by atoms with Gasteiger partial charge in [-0.1, -0.05) is 0 Å². The first-order chi connectivity index (χ1) is 8.66. The fourth-order valence-electron chi connectivity index (χ4n) is 1.60. The number of nitrogens with one attached hydrogen (secondary N) is 1. The molecule has 0 spiro atoms. The van der Waals surface area contributed by atoms with Crippen LogP contribution in [0.4, 0.5) is 0 Å². The van der Waals surface area contributed by atoms with Gasteiger partial charge in [-0.05, 0) is 0 Å². The van der Waals surface area contributed by atoms with Crippen LogP contribution in [0, 0.1) is 0 Å². The number of hydrogen-bond acceptors (Lipinski definition) is 5. The summed E-state index contributed by atoms with van der Waals surface area (Å²) in [5.74, 6) is -0.349. The Bertz CT molecular complexity index is 437.